The summed E-state index contributed by atoms with van der Waals surface area (Å²) in [5.74, 6) is 0. The molecule has 0 fully saturated rings. The molecule has 0 spiro atoms. The Bertz CT molecular complexity index is 80.5. The fraction of sp³-hybridized carbons (Fsp3) is 0. The van der Waals surface area contributed by atoms with E-state index in [0.29, 0.717) is 0 Å². The maximum absolute atomic E-state index is 2.89. The minimum absolute atomic E-state index is 0. The van der Waals surface area contributed by atoms with Gasteiger partial charge in [-0.1, -0.05) is 30.3 Å². The molecule has 0 heterocycles. The van der Waals surface area contributed by atoms with Crippen molar-refractivity contribution in [3.63, 3.8) is 0 Å². The van der Waals surface area contributed by atoms with Crippen molar-refractivity contribution < 1.29 is 70.9 Å². The Balaban J connectivity index is 0. The third kappa shape index (κ3) is 5.60. The van der Waals surface area contributed by atoms with Gasteiger partial charge in [-0.3, -0.25) is 0 Å². The molecule has 0 aromatic heterocycles. The molecule has 1 radical (unpaired) electrons. The van der Waals surface area contributed by atoms with Crippen molar-refractivity contribution in [1.29, 1.82) is 0 Å². The predicted molar refractivity (Wildman–Crippen MR) is 25.3 cm³/mol. The quantitative estimate of drug-likeness (QED) is 0.483. The zero-order valence-corrected chi connectivity index (χ0v) is 7.90. The van der Waals surface area contributed by atoms with Gasteiger partial charge < -0.3 is 24.0 Å². The van der Waals surface area contributed by atoms with E-state index in [2.05, 4.69) is 6.07 Å². The Morgan fingerprint density at radius 1 is 0.875 bits per heavy atom. The van der Waals surface area contributed by atoms with E-state index in [1.165, 1.54) is 0 Å². The maximum atomic E-state index is 2.89. The molecule has 8 heavy (non-hydrogen) atoms. The molecule has 0 atom stereocenters. The van der Waals surface area contributed by atoms with E-state index in [-0.39, 0.29) is 70.9 Å². The third-order valence-corrected chi connectivity index (χ3v) is 0.607. The van der Waals surface area contributed by atoms with Crippen LogP contribution in [-0.4, -0.2) is 0 Å². The minimum Gasteiger partial charge on any atom is -1.00 e. The summed E-state index contributed by atoms with van der Waals surface area (Å²) in [6.45, 7) is 0. The van der Waals surface area contributed by atoms with Gasteiger partial charge in [0.1, 0.15) is 0 Å². The molecule has 0 unspecified atom stereocenters. The van der Waals surface area contributed by atoms with Crippen LogP contribution in [0.2, 0.25) is 0 Å². The van der Waals surface area contributed by atoms with Gasteiger partial charge in [-0.05, 0) is 6.07 Å². The van der Waals surface area contributed by atoms with Gasteiger partial charge in [0, 0.05) is 46.9 Å². The number of benzene rings is 1. The van der Waals surface area contributed by atoms with Gasteiger partial charge in [-0.15, -0.1) is 0 Å². The first-order valence-corrected chi connectivity index (χ1v) is 1.91. The Morgan fingerprint density at radius 3 is 1.50 bits per heavy atom. The summed E-state index contributed by atoms with van der Waals surface area (Å²) in [7, 11) is 0. The molecular weight excluding hydrogens is 372 g/mol. The predicted octanol–water partition coefficient (Wildman–Crippen LogP) is -1.51. The van der Waals surface area contributed by atoms with Crippen molar-refractivity contribution in [1.82, 2.24) is 0 Å². The summed E-state index contributed by atoms with van der Waals surface area (Å²) in [6.07, 6.45) is 0. The Kier molecular flexibility index (Phi) is 12.9. The summed E-state index contributed by atoms with van der Waals surface area (Å²) in [6, 6.07) is 12.5. The van der Waals surface area contributed by atoms with E-state index in [9.17, 15) is 0 Å². The number of halogens is 1. The molecule has 51 valence electrons. The summed E-state index contributed by atoms with van der Waals surface area (Å²) in [5, 5.41) is 0. The second kappa shape index (κ2) is 8.47. The van der Waals surface area contributed by atoms with E-state index >= 15 is 0 Å². The van der Waals surface area contributed by atoms with E-state index in [4.69, 9.17) is 0 Å². The summed E-state index contributed by atoms with van der Waals surface area (Å²) < 4.78 is 0. The normalized spacial score (nSPS) is 6.00. The van der Waals surface area contributed by atoms with Crippen molar-refractivity contribution in [2.45, 2.75) is 0 Å². The van der Waals surface area contributed by atoms with Gasteiger partial charge in [0.2, 0.25) is 0 Å². The molecule has 1 aromatic rings. The average Bonchev–Trinajstić information content (AvgIpc) is 1.72. The van der Waals surface area contributed by atoms with Crippen LogP contribution in [0.3, 0.4) is 0 Å². The maximum Gasteiger partial charge on any atom is 0 e. The monoisotopic (exact) mass is 378 g/mol. The van der Waals surface area contributed by atoms with Crippen LogP contribution in [0.1, 0.15) is 0 Å². The molecule has 0 aliphatic carbocycles. The van der Waals surface area contributed by atoms with Crippen LogP contribution in [0, 0.1) is 53.0 Å². The average molecular weight is 377 g/mol. The molecule has 2 heteroatoms. The van der Waals surface area contributed by atoms with Crippen molar-refractivity contribution >= 4 is 0 Å². The smallest absolute Gasteiger partial charge is 0 e. The van der Waals surface area contributed by atoms with E-state index in [1.54, 1.807) is 0 Å². The molecule has 0 nitrogen and oxygen atoms in total. The zero-order valence-electron chi connectivity index (χ0n) is 4.03. The largest absolute Gasteiger partial charge is 1.00 e. The summed E-state index contributed by atoms with van der Waals surface area (Å²) >= 11 is 0. The number of hydrogen-bond acceptors (Lipinski definition) is 0. The van der Waals surface area contributed by atoms with E-state index in [1.807, 2.05) is 30.3 Å². The molecule has 1 rings (SSSR count). The number of rotatable bonds is 0. The van der Waals surface area contributed by atoms with E-state index in [0.717, 1.165) is 0 Å². The van der Waals surface area contributed by atoms with Gasteiger partial charge in [0.05, 0.1) is 0 Å². The first kappa shape index (κ1) is 12.2. The van der Waals surface area contributed by atoms with Gasteiger partial charge in [-0.2, -0.15) is 0 Å². The SMILES string of the molecule is [I-].[Yb].[c]1ccccc1. The molecule has 0 amide bonds. The second-order valence-corrected chi connectivity index (χ2v) is 1.08. The van der Waals surface area contributed by atoms with Gasteiger partial charge in [0.25, 0.3) is 0 Å². The van der Waals surface area contributed by atoms with Crippen LogP contribution < -0.4 is 24.0 Å². The fourth-order valence-electron chi connectivity index (χ4n) is 0.342. The summed E-state index contributed by atoms with van der Waals surface area (Å²) in [5.41, 5.74) is 0. The number of hydrogen-bond donors (Lipinski definition) is 0. The van der Waals surface area contributed by atoms with Crippen molar-refractivity contribution in [2.24, 2.45) is 0 Å². The Morgan fingerprint density at radius 2 is 1.38 bits per heavy atom. The van der Waals surface area contributed by atoms with Crippen LogP contribution in [0.4, 0.5) is 0 Å². The minimum atomic E-state index is 0. The van der Waals surface area contributed by atoms with Crippen molar-refractivity contribution in [2.75, 3.05) is 0 Å². The molecule has 0 saturated carbocycles. The first-order chi connectivity index (χ1) is 3.00. The second-order valence-electron chi connectivity index (χ2n) is 1.08. The van der Waals surface area contributed by atoms with Crippen LogP contribution in [-0.2, 0) is 0 Å². The zero-order chi connectivity index (χ0) is 4.24. The van der Waals surface area contributed by atoms with E-state index < -0.39 is 0 Å². The molecular formula is C6H5IYb-. The molecule has 0 aliphatic heterocycles. The van der Waals surface area contributed by atoms with Crippen LogP contribution >= 0.6 is 0 Å². The molecule has 0 N–H and O–H groups in total. The topological polar surface area (TPSA) is 0 Å². The fourth-order valence-corrected chi connectivity index (χ4v) is 0.342. The summed E-state index contributed by atoms with van der Waals surface area (Å²) in [4.78, 5) is 0. The molecule has 1 aromatic carbocycles. The van der Waals surface area contributed by atoms with Crippen LogP contribution in [0.15, 0.2) is 30.3 Å². The van der Waals surface area contributed by atoms with Crippen LogP contribution in [0.5, 0.6) is 0 Å². The molecule has 0 aliphatic rings. The Labute approximate surface area is 105 Å². The Hall–Kier alpha value is 1.47. The molecule has 0 bridgehead atoms. The third-order valence-electron chi connectivity index (χ3n) is 0.607. The van der Waals surface area contributed by atoms with Gasteiger partial charge in [0.15, 0.2) is 0 Å². The van der Waals surface area contributed by atoms with Crippen molar-refractivity contribution in [3.05, 3.63) is 36.4 Å². The van der Waals surface area contributed by atoms with Crippen LogP contribution in [0.25, 0.3) is 0 Å². The molecule has 0 saturated heterocycles. The van der Waals surface area contributed by atoms with Gasteiger partial charge >= 0.3 is 0 Å². The van der Waals surface area contributed by atoms with Gasteiger partial charge in [-0.25, -0.2) is 0 Å². The standard InChI is InChI=1S/C6H5.HI.Yb/c1-2-4-6-5-3-1;;/h1-5H;1H;/p-1. The van der Waals surface area contributed by atoms with Crippen molar-refractivity contribution in [3.8, 4) is 0 Å². The first-order valence-electron chi connectivity index (χ1n) is 1.91.